The van der Waals surface area contributed by atoms with E-state index in [0.717, 1.165) is 37.2 Å². The van der Waals surface area contributed by atoms with E-state index < -0.39 is 0 Å². The van der Waals surface area contributed by atoms with Crippen molar-refractivity contribution >= 4 is 17.2 Å². The van der Waals surface area contributed by atoms with Gasteiger partial charge in [0.15, 0.2) is 0 Å². The van der Waals surface area contributed by atoms with Gasteiger partial charge >= 0.3 is 0 Å². The van der Waals surface area contributed by atoms with Crippen LogP contribution in [0.25, 0.3) is 17.1 Å². The maximum atomic E-state index is 12.3. The fraction of sp³-hybridized carbons (Fsp3) is 0.300. The predicted molar refractivity (Wildman–Crippen MR) is 108 cm³/mol. The summed E-state index contributed by atoms with van der Waals surface area (Å²) < 4.78 is 7.64. The first-order valence-electron chi connectivity index (χ1n) is 9.56. The maximum absolute atomic E-state index is 12.3. The number of aromatic amines is 1. The lowest BCUT2D eigenvalue weighted by Gasteiger charge is -2.23. The highest BCUT2D eigenvalue weighted by Crippen LogP contribution is 2.28. The zero-order valence-electron chi connectivity index (χ0n) is 15.6. The predicted octanol–water partition coefficient (Wildman–Crippen LogP) is 2.78. The SMILES string of the molecule is O=c1cc(C2CCNCC2)n2ncc(-c3nnc(Cc4cccc(Cl)c4)o3)c2[nH]1. The normalized spacial score (nSPS) is 15.2. The first kappa shape index (κ1) is 18.1. The van der Waals surface area contributed by atoms with E-state index in [0.29, 0.717) is 34.4 Å². The Morgan fingerprint density at radius 1 is 1.21 bits per heavy atom. The zero-order chi connectivity index (χ0) is 19.8. The van der Waals surface area contributed by atoms with Crippen LogP contribution in [0.5, 0.6) is 0 Å². The third-order valence-electron chi connectivity index (χ3n) is 5.23. The topological polar surface area (TPSA) is 101 Å². The van der Waals surface area contributed by atoms with Crippen molar-refractivity contribution in [3.63, 3.8) is 0 Å². The molecular formula is C20H19ClN6O2. The van der Waals surface area contributed by atoms with Gasteiger partial charge in [-0.15, -0.1) is 10.2 Å². The highest BCUT2D eigenvalue weighted by molar-refractivity contribution is 6.30. The molecule has 0 radical (unpaired) electrons. The Balaban J connectivity index is 1.50. The van der Waals surface area contributed by atoms with E-state index in [2.05, 4.69) is 25.6 Å². The minimum Gasteiger partial charge on any atom is -0.420 e. The Labute approximate surface area is 170 Å². The van der Waals surface area contributed by atoms with Crippen LogP contribution in [0.15, 0.2) is 45.7 Å². The monoisotopic (exact) mass is 410 g/mol. The molecule has 1 saturated heterocycles. The Hall–Kier alpha value is -2.97. The van der Waals surface area contributed by atoms with Crippen LogP contribution in [0.3, 0.4) is 0 Å². The van der Waals surface area contributed by atoms with Crippen molar-refractivity contribution in [1.82, 2.24) is 30.1 Å². The van der Waals surface area contributed by atoms with Crippen LogP contribution in [0, 0.1) is 0 Å². The van der Waals surface area contributed by atoms with Crippen LogP contribution in [0.1, 0.15) is 35.9 Å². The first-order valence-corrected chi connectivity index (χ1v) is 9.94. The molecule has 1 fully saturated rings. The number of nitrogens with one attached hydrogen (secondary N) is 2. The molecular weight excluding hydrogens is 392 g/mol. The van der Waals surface area contributed by atoms with E-state index in [-0.39, 0.29) is 11.5 Å². The molecule has 0 unspecified atom stereocenters. The van der Waals surface area contributed by atoms with Gasteiger partial charge in [-0.25, -0.2) is 4.52 Å². The number of fused-ring (bicyclic) bond motifs is 1. The zero-order valence-corrected chi connectivity index (χ0v) is 16.3. The van der Waals surface area contributed by atoms with Gasteiger partial charge in [0.25, 0.3) is 11.4 Å². The molecule has 4 heterocycles. The summed E-state index contributed by atoms with van der Waals surface area (Å²) in [5.41, 5.74) is 2.92. The summed E-state index contributed by atoms with van der Waals surface area (Å²) in [6.07, 6.45) is 4.08. The van der Waals surface area contributed by atoms with E-state index in [1.807, 2.05) is 24.3 Å². The van der Waals surface area contributed by atoms with Gasteiger partial charge in [0.05, 0.1) is 18.3 Å². The van der Waals surface area contributed by atoms with E-state index in [4.69, 9.17) is 16.0 Å². The number of hydrogen-bond acceptors (Lipinski definition) is 6. The minimum absolute atomic E-state index is 0.161. The number of rotatable bonds is 4. The van der Waals surface area contributed by atoms with Crippen LogP contribution in [-0.2, 0) is 6.42 Å². The summed E-state index contributed by atoms with van der Waals surface area (Å²) >= 11 is 6.04. The van der Waals surface area contributed by atoms with Crippen LogP contribution >= 0.6 is 11.6 Å². The van der Waals surface area contributed by atoms with Crippen LogP contribution in [0.4, 0.5) is 0 Å². The highest BCUT2D eigenvalue weighted by atomic mass is 35.5. The standard InChI is InChI=1S/C20H19ClN6O2/c21-14-3-1-2-12(8-14)9-18-25-26-20(29-18)15-11-23-27-16(10-17(28)24-19(15)27)13-4-6-22-7-5-13/h1-3,8,10-11,13,22H,4-7,9H2,(H,24,28). The van der Waals surface area contributed by atoms with Gasteiger partial charge in [0, 0.05) is 17.0 Å². The molecule has 0 atom stereocenters. The number of halogens is 1. The van der Waals surface area contributed by atoms with E-state index in [1.165, 1.54) is 0 Å². The van der Waals surface area contributed by atoms with Crippen molar-refractivity contribution in [1.29, 1.82) is 0 Å². The van der Waals surface area contributed by atoms with Crippen LogP contribution in [-0.4, -0.2) is 37.9 Å². The second kappa shape index (κ2) is 7.46. The summed E-state index contributed by atoms with van der Waals surface area (Å²) in [4.78, 5) is 15.2. The minimum atomic E-state index is -0.161. The molecule has 29 heavy (non-hydrogen) atoms. The van der Waals surface area contributed by atoms with Gasteiger partial charge in [-0.3, -0.25) is 4.79 Å². The second-order valence-electron chi connectivity index (χ2n) is 7.21. The molecule has 0 amide bonds. The summed E-state index contributed by atoms with van der Waals surface area (Å²) in [6, 6.07) is 9.16. The molecule has 5 rings (SSSR count). The van der Waals surface area contributed by atoms with E-state index in [1.54, 1.807) is 16.8 Å². The molecule has 0 bridgehead atoms. The highest BCUT2D eigenvalue weighted by Gasteiger charge is 2.22. The van der Waals surface area contributed by atoms with Crippen LogP contribution < -0.4 is 10.9 Å². The summed E-state index contributed by atoms with van der Waals surface area (Å²) in [6.45, 7) is 1.87. The average Bonchev–Trinajstić information content (AvgIpc) is 3.35. The molecule has 0 spiro atoms. The number of benzene rings is 1. The second-order valence-corrected chi connectivity index (χ2v) is 7.65. The van der Waals surface area contributed by atoms with Crippen molar-refractivity contribution < 1.29 is 4.42 Å². The lowest BCUT2D eigenvalue weighted by Crippen LogP contribution is -2.28. The number of aromatic nitrogens is 5. The fourth-order valence-corrected chi connectivity index (χ4v) is 4.05. The number of nitrogens with zero attached hydrogens (tertiary/aromatic N) is 4. The summed E-state index contributed by atoms with van der Waals surface area (Å²) in [5.74, 6) is 1.09. The largest absolute Gasteiger partial charge is 0.420 e. The molecule has 0 aliphatic carbocycles. The fourth-order valence-electron chi connectivity index (χ4n) is 3.83. The first-order chi connectivity index (χ1) is 14.2. The molecule has 0 saturated carbocycles. The molecule has 3 aromatic heterocycles. The average molecular weight is 411 g/mol. The molecule has 1 aromatic carbocycles. The number of piperidine rings is 1. The molecule has 148 valence electrons. The molecule has 2 N–H and O–H groups in total. The van der Waals surface area contributed by atoms with Gasteiger partial charge < -0.3 is 14.7 Å². The van der Waals surface area contributed by atoms with Crippen LogP contribution in [0.2, 0.25) is 5.02 Å². The third-order valence-corrected chi connectivity index (χ3v) is 5.47. The molecule has 1 aliphatic heterocycles. The van der Waals surface area contributed by atoms with Gasteiger partial charge in [-0.05, 0) is 43.6 Å². The molecule has 1 aliphatic rings. The summed E-state index contributed by atoms with van der Waals surface area (Å²) in [5, 5.41) is 16.8. The third kappa shape index (κ3) is 3.56. The maximum Gasteiger partial charge on any atom is 0.253 e. The van der Waals surface area contributed by atoms with E-state index >= 15 is 0 Å². The number of hydrogen-bond donors (Lipinski definition) is 2. The lowest BCUT2D eigenvalue weighted by molar-refractivity contribution is 0.446. The quantitative estimate of drug-likeness (QED) is 0.536. The van der Waals surface area contributed by atoms with Gasteiger partial charge in [0.2, 0.25) is 5.89 Å². The molecule has 9 heteroatoms. The van der Waals surface area contributed by atoms with Crippen molar-refractivity contribution in [2.45, 2.75) is 25.2 Å². The van der Waals surface area contributed by atoms with Gasteiger partial charge in [-0.1, -0.05) is 23.7 Å². The van der Waals surface area contributed by atoms with Crippen molar-refractivity contribution in [3.05, 3.63) is 69.1 Å². The van der Waals surface area contributed by atoms with Crippen molar-refractivity contribution in [2.24, 2.45) is 0 Å². The Kier molecular flexibility index (Phi) is 4.65. The summed E-state index contributed by atoms with van der Waals surface area (Å²) in [7, 11) is 0. The Bertz CT molecular complexity index is 1220. The molecule has 4 aromatic rings. The molecule has 8 nitrogen and oxygen atoms in total. The smallest absolute Gasteiger partial charge is 0.253 e. The van der Waals surface area contributed by atoms with Crippen molar-refractivity contribution in [2.75, 3.05) is 13.1 Å². The van der Waals surface area contributed by atoms with E-state index in [9.17, 15) is 4.79 Å². The van der Waals surface area contributed by atoms with Crippen molar-refractivity contribution in [3.8, 4) is 11.5 Å². The van der Waals surface area contributed by atoms with Gasteiger partial charge in [0.1, 0.15) is 11.2 Å². The number of H-pyrrole nitrogens is 1. The Morgan fingerprint density at radius 2 is 2.07 bits per heavy atom. The van der Waals surface area contributed by atoms with Gasteiger partial charge in [-0.2, -0.15) is 5.10 Å². The Morgan fingerprint density at radius 3 is 2.90 bits per heavy atom. The lowest BCUT2D eigenvalue weighted by atomic mass is 9.94.